The predicted octanol–water partition coefficient (Wildman–Crippen LogP) is 0.954. The average Bonchev–Trinajstić information content (AvgIpc) is 2.89. The first-order valence-corrected chi connectivity index (χ1v) is 4.55. The minimum absolute atomic E-state index is 0.0589. The lowest BCUT2D eigenvalue weighted by atomic mass is 9.93. The Morgan fingerprint density at radius 3 is 2.85 bits per heavy atom. The summed E-state index contributed by atoms with van der Waals surface area (Å²) in [6, 6.07) is 0. The smallest absolute Gasteiger partial charge is 0.153 e. The van der Waals surface area contributed by atoms with Crippen molar-refractivity contribution in [3.63, 3.8) is 0 Å². The van der Waals surface area contributed by atoms with Crippen molar-refractivity contribution in [1.82, 2.24) is 9.78 Å². The van der Waals surface area contributed by atoms with Crippen molar-refractivity contribution in [2.75, 3.05) is 6.54 Å². The van der Waals surface area contributed by atoms with Gasteiger partial charge in [-0.25, -0.2) is 4.39 Å². The van der Waals surface area contributed by atoms with E-state index in [0.717, 1.165) is 12.8 Å². The Morgan fingerprint density at radius 2 is 2.46 bits per heavy atom. The van der Waals surface area contributed by atoms with Crippen LogP contribution in [0.2, 0.25) is 0 Å². The molecule has 3 nitrogen and oxygen atoms in total. The molecule has 1 atom stereocenters. The fourth-order valence-electron chi connectivity index (χ4n) is 1.70. The summed E-state index contributed by atoms with van der Waals surface area (Å²) < 4.78 is 15.9. The highest BCUT2D eigenvalue weighted by Gasteiger charge is 2.46. The van der Waals surface area contributed by atoms with Gasteiger partial charge in [-0.05, 0) is 18.8 Å². The van der Waals surface area contributed by atoms with E-state index in [1.807, 2.05) is 0 Å². The first-order chi connectivity index (χ1) is 6.16. The van der Waals surface area contributed by atoms with E-state index in [1.165, 1.54) is 0 Å². The average molecular weight is 183 g/mol. The van der Waals surface area contributed by atoms with E-state index >= 15 is 0 Å². The van der Waals surface area contributed by atoms with Gasteiger partial charge >= 0.3 is 0 Å². The van der Waals surface area contributed by atoms with E-state index in [1.54, 1.807) is 24.1 Å². The molecular formula is C9H14FN3. The number of nitrogens with zero attached hydrogens (tertiary/aromatic N) is 2. The van der Waals surface area contributed by atoms with Gasteiger partial charge in [-0.3, -0.25) is 4.68 Å². The van der Waals surface area contributed by atoms with E-state index in [-0.39, 0.29) is 12.5 Å². The number of alkyl halides is 1. The Labute approximate surface area is 76.7 Å². The molecular weight excluding hydrogens is 169 g/mol. The number of aryl methyl sites for hydroxylation is 1. The first-order valence-electron chi connectivity index (χ1n) is 4.55. The van der Waals surface area contributed by atoms with Gasteiger partial charge in [-0.1, -0.05) is 0 Å². The summed E-state index contributed by atoms with van der Waals surface area (Å²) in [5, 5.41) is 3.96. The van der Waals surface area contributed by atoms with E-state index < -0.39 is 5.67 Å². The molecule has 0 bridgehead atoms. The number of nitrogens with two attached hydrogens (primary N) is 1. The Bertz CT molecular complexity index is 306. The van der Waals surface area contributed by atoms with Crippen molar-refractivity contribution < 1.29 is 4.39 Å². The summed E-state index contributed by atoms with van der Waals surface area (Å²) in [4.78, 5) is 0. The van der Waals surface area contributed by atoms with E-state index in [9.17, 15) is 4.39 Å². The maximum Gasteiger partial charge on any atom is 0.153 e. The van der Waals surface area contributed by atoms with Crippen molar-refractivity contribution in [2.45, 2.75) is 18.5 Å². The zero-order chi connectivity index (χ0) is 9.47. The zero-order valence-electron chi connectivity index (χ0n) is 7.70. The first kappa shape index (κ1) is 8.69. The molecule has 0 amide bonds. The molecule has 0 aromatic carbocycles. The Hall–Kier alpha value is -0.900. The van der Waals surface area contributed by atoms with Crippen LogP contribution in [0.1, 0.15) is 18.4 Å². The highest BCUT2D eigenvalue weighted by molar-refractivity contribution is 5.20. The maximum absolute atomic E-state index is 14.3. The summed E-state index contributed by atoms with van der Waals surface area (Å²) >= 11 is 0. The van der Waals surface area contributed by atoms with Crippen LogP contribution in [0.3, 0.4) is 0 Å². The summed E-state index contributed by atoms with van der Waals surface area (Å²) in [5.74, 6) is 0.113. The van der Waals surface area contributed by atoms with Crippen LogP contribution in [0.25, 0.3) is 0 Å². The number of rotatable bonds is 3. The molecule has 1 unspecified atom stereocenters. The summed E-state index contributed by atoms with van der Waals surface area (Å²) in [6.07, 6.45) is 5.18. The predicted molar refractivity (Wildman–Crippen MR) is 47.8 cm³/mol. The van der Waals surface area contributed by atoms with Gasteiger partial charge in [-0.15, -0.1) is 0 Å². The Morgan fingerprint density at radius 1 is 1.77 bits per heavy atom. The molecule has 2 rings (SSSR count). The summed E-state index contributed by atoms with van der Waals surface area (Å²) in [5.41, 5.74) is 4.76. The number of hydrogen-bond donors (Lipinski definition) is 1. The van der Waals surface area contributed by atoms with Crippen molar-refractivity contribution >= 4 is 0 Å². The van der Waals surface area contributed by atoms with E-state index in [4.69, 9.17) is 5.73 Å². The summed E-state index contributed by atoms with van der Waals surface area (Å²) in [7, 11) is 1.79. The van der Waals surface area contributed by atoms with Gasteiger partial charge in [0.15, 0.2) is 5.67 Å². The highest BCUT2D eigenvalue weighted by atomic mass is 19.1. The standard InChI is InChI=1S/C9H14FN3/c1-13-5-8(4-12-13)9(10,6-11)7-2-3-7/h4-5,7H,2-3,6,11H2,1H3. The lowest BCUT2D eigenvalue weighted by molar-refractivity contribution is 0.143. The normalized spacial score (nSPS) is 21.5. The van der Waals surface area contributed by atoms with Gasteiger partial charge in [0.25, 0.3) is 0 Å². The van der Waals surface area contributed by atoms with Crippen LogP contribution < -0.4 is 5.73 Å². The van der Waals surface area contributed by atoms with E-state index in [2.05, 4.69) is 5.10 Å². The van der Waals surface area contributed by atoms with Crippen LogP contribution in [-0.2, 0) is 12.7 Å². The fourth-order valence-corrected chi connectivity index (χ4v) is 1.70. The van der Waals surface area contributed by atoms with Crippen molar-refractivity contribution in [2.24, 2.45) is 18.7 Å². The van der Waals surface area contributed by atoms with Gasteiger partial charge in [0.05, 0.1) is 6.20 Å². The van der Waals surface area contributed by atoms with Crippen LogP contribution in [0.4, 0.5) is 4.39 Å². The second-order valence-corrected chi connectivity index (χ2v) is 3.74. The number of hydrogen-bond acceptors (Lipinski definition) is 2. The number of halogens is 1. The van der Waals surface area contributed by atoms with Crippen LogP contribution in [0.15, 0.2) is 12.4 Å². The fraction of sp³-hybridized carbons (Fsp3) is 0.667. The SMILES string of the molecule is Cn1cc(C(F)(CN)C2CC2)cn1. The van der Waals surface area contributed by atoms with Crippen molar-refractivity contribution in [1.29, 1.82) is 0 Å². The van der Waals surface area contributed by atoms with Crippen molar-refractivity contribution in [3.8, 4) is 0 Å². The molecule has 0 radical (unpaired) electrons. The molecule has 0 spiro atoms. The molecule has 1 heterocycles. The summed E-state index contributed by atoms with van der Waals surface area (Å²) in [6.45, 7) is 0.0589. The van der Waals surface area contributed by atoms with Gasteiger partial charge in [0, 0.05) is 25.4 Å². The topological polar surface area (TPSA) is 43.8 Å². The molecule has 1 aromatic rings. The molecule has 1 saturated carbocycles. The Kier molecular flexibility index (Phi) is 1.87. The molecule has 0 saturated heterocycles. The minimum atomic E-state index is -1.34. The Balaban J connectivity index is 2.29. The lowest BCUT2D eigenvalue weighted by Gasteiger charge is -2.21. The molecule has 1 aliphatic rings. The van der Waals surface area contributed by atoms with Crippen LogP contribution in [0, 0.1) is 5.92 Å². The molecule has 0 aliphatic heterocycles. The molecule has 13 heavy (non-hydrogen) atoms. The third kappa shape index (κ3) is 1.35. The molecule has 1 aliphatic carbocycles. The molecule has 1 fully saturated rings. The van der Waals surface area contributed by atoms with Gasteiger partial charge < -0.3 is 5.73 Å². The maximum atomic E-state index is 14.3. The van der Waals surface area contributed by atoms with Crippen LogP contribution in [-0.4, -0.2) is 16.3 Å². The zero-order valence-corrected chi connectivity index (χ0v) is 7.70. The van der Waals surface area contributed by atoms with Crippen LogP contribution in [0.5, 0.6) is 0 Å². The van der Waals surface area contributed by atoms with Crippen LogP contribution >= 0.6 is 0 Å². The minimum Gasteiger partial charge on any atom is -0.327 e. The molecule has 1 aromatic heterocycles. The third-order valence-corrected chi connectivity index (χ3v) is 2.71. The second-order valence-electron chi connectivity index (χ2n) is 3.74. The van der Waals surface area contributed by atoms with Crippen molar-refractivity contribution in [3.05, 3.63) is 18.0 Å². The van der Waals surface area contributed by atoms with Gasteiger partial charge in [-0.2, -0.15) is 5.10 Å². The third-order valence-electron chi connectivity index (χ3n) is 2.71. The van der Waals surface area contributed by atoms with E-state index in [0.29, 0.717) is 5.56 Å². The quantitative estimate of drug-likeness (QED) is 0.758. The largest absolute Gasteiger partial charge is 0.327 e. The number of aromatic nitrogens is 2. The molecule has 2 N–H and O–H groups in total. The van der Waals surface area contributed by atoms with Gasteiger partial charge in [0.2, 0.25) is 0 Å². The van der Waals surface area contributed by atoms with Gasteiger partial charge in [0.1, 0.15) is 0 Å². The molecule has 72 valence electrons. The second kappa shape index (κ2) is 2.80. The monoisotopic (exact) mass is 183 g/mol. The lowest BCUT2D eigenvalue weighted by Crippen LogP contribution is -2.32. The highest BCUT2D eigenvalue weighted by Crippen LogP contribution is 2.47. The molecule has 4 heteroatoms.